The minimum Gasteiger partial charge on any atom is -0.384 e. The van der Waals surface area contributed by atoms with Crippen molar-refractivity contribution in [3.05, 3.63) is 11.9 Å². The van der Waals surface area contributed by atoms with E-state index in [0.29, 0.717) is 17.8 Å². The average molecular weight is 204 g/mol. The molecule has 80 valence electrons. The van der Waals surface area contributed by atoms with E-state index in [1.54, 1.807) is 0 Å². The summed E-state index contributed by atoms with van der Waals surface area (Å²) in [7, 11) is 0. The van der Waals surface area contributed by atoms with E-state index in [2.05, 4.69) is 22.2 Å². The molecule has 2 fully saturated rings. The number of nitrogens with one attached hydrogen (secondary N) is 1. The second-order valence-corrected chi connectivity index (χ2v) is 4.77. The van der Waals surface area contributed by atoms with Gasteiger partial charge in [-0.15, -0.1) is 0 Å². The second kappa shape index (κ2) is 3.08. The quantitative estimate of drug-likeness (QED) is 0.787. The SMILES string of the molecule is CC1CC1Nc1cc(N)nc(C2CC2)n1. The van der Waals surface area contributed by atoms with Crippen molar-refractivity contribution in [2.75, 3.05) is 11.1 Å². The van der Waals surface area contributed by atoms with Gasteiger partial charge in [-0.25, -0.2) is 9.97 Å². The molecule has 2 saturated carbocycles. The van der Waals surface area contributed by atoms with Crippen LogP contribution >= 0.6 is 0 Å². The average Bonchev–Trinajstić information content (AvgIpc) is 3.02. The van der Waals surface area contributed by atoms with Crippen LogP contribution in [-0.2, 0) is 0 Å². The summed E-state index contributed by atoms with van der Waals surface area (Å²) < 4.78 is 0. The fourth-order valence-corrected chi connectivity index (χ4v) is 1.80. The molecule has 4 heteroatoms. The number of nitrogen functional groups attached to an aromatic ring is 1. The third-order valence-electron chi connectivity index (χ3n) is 3.15. The summed E-state index contributed by atoms with van der Waals surface area (Å²) in [6.45, 7) is 2.24. The Kier molecular flexibility index (Phi) is 1.84. The van der Waals surface area contributed by atoms with Crippen LogP contribution in [0.4, 0.5) is 11.6 Å². The molecule has 0 spiro atoms. The van der Waals surface area contributed by atoms with Crippen molar-refractivity contribution in [3.8, 4) is 0 Å². The predicted molar refractivity (Wildman–Crippen MR) is 59.6 cm³/mol. The van der Waals surface area contributed by atoms with Gasteiger partial charge in [0.1, 0.15) is 17.5 Å². The molecule has 0 aliphatic heterocycles. The molecule has 2 aliphatic rings. The van der Waals surface area contributed by atoms with Gasteiger partial charge in [0.2, 0.25) is 0 Å². The Labute approximate surface area is 89.3 Å². The van der Waals surface area contributed by atoms with E-state index in [0.717, 1.165) is 17.6 Å². The lowest BCUT2D eigenvalue weighted by Crippen LogP contribution is -2.08. The maximum Gasteiger partial charge on any atom is 0.136 e. The summed E-state index contributed by atoms with van der Waals surface area (Å²) in [5.74, 6) is 3.74. The summed E-state index contributed by atoms with van der Waals surface area (Å²) in [5.41, 5.74) is 5.76. The lowest BCUT2D eigenvalue weighted by molar-refractivity contribution is 0.898. The van der Waals surface area contributed by atoms with Gasteiger partial charge in [-0.1, -0.05) is 6.92 Å². The fourth-order valence-electron chi connectivity index (χ4n) is 1.80. The summed E-state index contributed by atoms with van der Waals surface area (Å²) in [4.78, 5) is 8.78. The van der Waals surface area contributed by atoms with Gasteiger partial charge in [-0.2, -0.15) is 0 Å². The smallest absolute Gasteiger partial charge is 0.136 e. The molecule has 4 nitrogen and oxygen atoms in total. The lowest BCUT2D eigenvalue weighted by atomic mass is 10.3. The molecule has 2 aliphatic carbocycles. The maximum absolute atomic E-state index is 5.76. The first kappa shape index (κ1) is 8.95. The highest BCUT2D eigenvalue weighted by atomic mass is 15.1. The Morgan fingerprint density at radius 3 is 2.73 bits per heavy atom. The molecule has 2 unspecified atom stereocenters. The molecule has 1 heterocycles. The zero-order chi connectivity index (χ0) is 10.4. The molecular formula is C11H16N4. The third kappa shape index (κ3) is 1.89. The Balaban J connectivity index is 1.80. The van der Waals surface area contributed by atoms with E-state index in [1.165, 1.54) is 19.3 Å². The standard InChI is InChI=1S/C11H16N4/c1-6-4-8(6)13-10-5-9(12)14-11(15-10)7-2-3-7/h5-8H,2-4H2,1H3,(H3,12,13,14,15). The van der Waals surface area contributed by atoms with Crippen LogP contribution in [0.5, 0.6) is 0 Å². The van der Waals surface area contributed by atoms with Crippen LogP contribution in [0.3, 0.4) is 0 Å². The molecule has 3 rings (SSSR count). The summed E-state index contributed by atoms with van der Waals surface area (Å²) in [5, 5.41) is 3.40. The van der Waals surface area contributed by atoms with Gasteiger partial charge in [0.15, 0.2) is 0 Å². The maximum atomic E-state index is 5.76. The van der Waals surface area contributed by atoms with E-state index in [4.69, 9.17) is 5.73 Å². The lowest BCUT2D eigenvalue weighted by Gasteiger charge is -2.06. The number of nitrogens with two attached hydrogens (primary N) is 1. The third-order valence-corrected chi connectivity index (χ3v) is 3.15. The Bertz CT molecular complexity index is 386. The number of nitrogens with zero attached hydrogens (tertiary/aromatic N) is 2. The first-order chi connectivity index (χ1) is 7.22. The molecule has 15 heavy (non-hydrogen) atoms. The van der Waals surface area contributed by atoms with E-state index in [-0.39, 0.29) is 0 Å². The molecule has 0 saturated heterocycles. The van der Waals surface area contributed by atoms with Gasteiger partial charge in [0.25, 0.3) is 0 Å². The van der Waals surface area contributed by atoms with E-state index in [9.17, 15) is 0 Å². The first-order valence-electron chi connectivity index (χ1n) is 5.63. The highest BCUT2D eigenvalue weighted by molar-refractivity contribution is 5.47. The van der Waals surface area contributed by atoms with Crippen molar-refractivity contribution in [2.24, 2.45) is 5.92 Å². The van der Waals surface area contributed by atoms with Gasteiger partial charge >= 0.3 is 0 Å². The fraction of sp³-hybridized carbons (Fsp3) is 0.636. The highest BCUT2D eigenvalue weighted by Gasteiger charge is 2.33. The van der Waals surface area contributed by atoms with Crippen LogP contribution in [0.15, 0.2) is 6.07 Å². The van der Waals surface area contributed by atoms with Crippen molar-refractivity contribution in [1.82, 2.24) is 9.97 Å². The molecule has 1 aromatic rings. The molecule has 1 aromatic heterocycles. The summed E-state index contributed by atoms with van der Waals surface area (Å²) in [6.07, 6.45) is 3.66. The number of hydrogen-bond donors (Lipinski definition) is 2. The van der Waals surface area contributed by atoms with E-state index in [1.807, 2.05) is 6.07 Å². The largest absolute Gasteiger partial charge is 0.384 e. The number of rotatable bonds is 3. The molecule has 0 bridgehead atoms. The van der Waals surface area contributed by atoms with Gasteiger partial charge in [0.05, 0.1) is 0 Å². The van der Waals surface area contributed by atoms with Crippen molar-refractivity contribution in [3.63, 3.8) is 0 Å². The summed E-state index contributed by atoms with van der Waals surface area (Å²) in [6, 6.07) is 2.42. The van der Waals surface area contributed by atoms with E-state index < -0.39 is 0 Å². The summed E-state index contributed by atoms with van der Waals surface area (Å²) >= 11 is 0. The van der Waals surface area contributed by atoms with Gasteiger partial charge in [-0.05, 0) is 25.2 Å². The minimum absolute atomic E-state index is 0.561. The molecule has 0 aromatic carbocycles. The van der Waals surface area contributed by atoms with Crippen LogP contribution in [0.25, 0.3) is 0 Å². The van der Waals surface area contributed by atoms with Crippen molar-refractivity contribution in [1.29, 1.82) is 0 Å². The highest BCUT2D eigenvalue weighted by Crippen LogP contribution is 2.39. The topological polar surface area (TPSA) is 63.8 Å². The van der Waals surface area contributed by atoms with Gasteiger partial charge in [-0.3, -0.25) is 0 Å². The Morgan fingerprint density at radius 1 is 1.40 bits per heavy atom. The molecular weight excluding hydrogens is 188 g/mol. The van der Waals surface area contributed by atoms with Gasteiger partial charge in [0, 0.05) is 18.0 Å². The zero-order valence-corrected chi connectivity index (χ0v) is 8.90. The normalized spacial score (nSPS) is 28.9. The number of aromatic nitrogens is 2. The van der Waals surface area contributed by atoms with Crippen LogP contribution in [0.2, 0.25) is 0 Å². The van der Waals surface area contributed by atoms with Crippen molar-refractivity contribution in [2.45, 2.75) is 38.1 Å². The van der Waals surface area contributed by atoms with Crippen LogP contribution in [0, 0.1) is 5.92 Å². The van der Waals surface area contributed by atoms with Crippen molar-refractivity contribution < 1.29 is 0 Å². The minimum atomic E-state index is 0.561. The van der Waals surface area contributed by atoms with Gasteiger partial charge < -0.3 is 11.1 Å². The molecule has 0 amide bonds. The molecule has 0 radical (unpaired) electrons. The van der Waals surface area contributed by atoms with Crippen molar-refractivity contribution >= 4 is 11.6 Å². The second-order valence-electron chi connectivity index (χ2n) is 4.77. The van der Waals surface area contributed by atoms with Crippen LogP contribution in [-0.4, -0.2) is 16.0 Å². The Morgan fingerprint density at radius 2 is 2.13 bits per heavy atom. The van der Waals surface area contributed by atoms with E-state index >= 15 is 0 Å². The number of hydrogen-bond acceptors (Lipinski definition) is 4. The first-order valence-corrected chi connectivity index (χ1v) is 5.63. The Hall–Kier alpha value is -1.32. The number of anilines is 2. The molecule has 3 N–H and O–H groups in total. The van der Waals surface area contributed by atoms with Crippen LogP contribution < -0.4 is 11.1 Å². The molecule has 2 atom stereocenters. The monoisotopic (exact) mass is 204 g/mol. The van der Waals surface area contributed by atoms with Crippen LogP contribution in [0.1, 0.15) is 37.9 Å². The predicted octanol–water partition coefficient (Wildman–Crippen LogP) is 1.76. The zero-order valence-electron chi connectivity index (χ0n) is 8.90.